The molecule has 3 aromatic rings. The number of hydrogen-bond donors (Lipinski definition) is 2. The van der Waals surface area contributed by atoms with Crippen LogP contribution in [0.3, 0.4) is 0 Å². The molecule has 1 aromatic carbocycles. The van der Waals surface area contributed by atoms with Gasteiger partial charge in [0.25, 0.3) is 0 Å². The predicted molar refractivity (Wildman–Crippen MR) is 94.6 cm³/mol. The normalized spacial score (nSPS) is 13.3. The number of hydrogen-bond acceptors (Lipinski definition) is 5. The SMILES string of the molecule is CC(C)[C@@H](Nc1ncnc2[nH]ccc12)c1cccc(S(C)(=O)=O)c1. The number of nitrogens with zero attached hydrogens (tertiary/aromatic N) is 2. The van der Waals surface area contributed by atoms with Crippen molar-refractivity contribution in [2.45, 2.75) is 24.8 Å². The fourth-order valence-corrected chi connectivity index (χ4v) is 3.38. The van der Waals surface area contributed by atoms with Gasteiger partial charge in [-0.25, -0.2) is 18.4 Å². The predicted octanol–water partition coefficient (Wildman–Crippen LogP) is 3.17. The van der Waals surface area contributed by atoms with Crippen molar-refractivity contribution in [3.63, 3.8) is 0 Å². The summed E-state index contributed by atoms with van der Waals surface area (Å²) in [5.74, 6) is 0.966. The molecule has 126 valence electrons. The van der Waals surface area contributed by atoms with Gasteiger partial charge in [-0.05, 0) is 29.7 Å². The third-order valence-corrected chi connectivity index (χ3v) is 5.07. The van der Waals surface area contributed by atoms with E-state index < -0.39 is 9.84 Å². The molecule has 0 spiro atoms. The zero-order chi connectivity index (χ0) is 17.3. The summed E-state index contributed by atoms with van der Waals surface area (Å²) in [4.78, 5) is 11.9. The van der Waals surface area contributed by atoms with E-state index in [1.54, 1.807) is 18.2 Å². The van der Waals surface area contributed by atoms with E-state index in [-0.39, 0.29) is 12.0 Å². The number of fused-ring (bicyclic) bond motifs is 1. The van der Waals surface area contributed by atoms with E-state index in [1.807, 2.05) is 18.3 Å². The molecule has 3 rings (SSSR count). The minimum absolute atomic E-state index is 0.0697. The summed E-state index contributed by atoms with van der Waals surface area (Å²) in [5.41, 5.74) is 1.68. The zero-order valence-electron chi connectivity index (χ0n) is 13.8. The molecular formula is C17H20N4O2S. The summed E-state index contributed by atoms with van der Waals surface area (Å²) in [5, 5.41) is 4.34. The summed E-state index contributed by atoms with van der Waals surface area (Å²) >= 11 is 0. The van der Waals surface area contributed by atoms with Gasteiger partial charge in [-0.1, -0.05) is 26.0 Å². The first-order chi connectivity index (χ1) is 11.4. The maximum Gasteiger partial charge on any atom is 0.175 e. The second-order valence-corrected chi connectivity index (χ2v) is 8.19. The Hall–Kier alpha value is -2.41. The summed E-state index contributed by atoms with van der Waals surface area (Å²) in [6, 6.07) is 8.89. The summed E-state index contributed by atoms with van der Waals surface area (Å²) in [7, 11) is -3.24. The quantitative estimate of drug-likeness (QED) is 0.742. The van der Waals surface area contributed by atoms with Crippen molar-refractivity contribution in [3.8, 4) is 0 Å². The van der Waals surface area contributed by atoms with Gasteiger partial charge in [-0.2, -0.15) is 0 Å². The van der Waals surface area contributed by atoms with Crippen molar-refractivity contribution in [2.24, 2.45) is 5.92 Å². The van der Waals surface area contributed by atoms with Crippen LogP contribution in [-0.4, -0.2) is 29.6 Å². The first-order valence-electron chi connectivity index (χ1n) is 7.71. The van der Waals surface area contributed by atoms with Gasteiger partial charge in [-0.15, -0.1) is 0 Å². The number of nitrogens with one attached hydrogen (secondary N) is 2. The van der Waals surface area contributed by atoms with Gasteiger partial charge < -0.3 is 10.3 Å². The number of sulfone groups is 1. The Bertz CT molecular complexity index is 963. The molecule has 2 aromatic heterocycles. The highest BCUT2D eigenvalue weighted by Crippen LogP contribution is 2.29. The lowest BCUT2D eigenvalue weighted by molar-refractivity contribution is 0.544. The lowest BCUT2D eigenvalue weighted by Gasteiger charge is -2.24. The van der Waals surface area contributed by atoms with Gasteiger partial charge in [0, 0.05) is 12.5 Å². The summed E-state index contributed by atoms with van der Waals surface area (Å²) < 4.78 is 23.7. The first-order valence-corrected chi connectivity index (χ1v) is 9.60. The number of aromatic nitrogens is 3. The summed E-state index contributed by atoms with van der Waals surface area (Å²) in [6.07, 6.45) is 4.54. The van der Waals surface area contributed by atoms with Gasteiger partial charge in [0.1, 0.15) is 17.8 Å². The minimum atomic E-state index is -3.24. The number of rotatable bonds is 5. The second-order valence-electron chi connectivity index (χ2n) is 6.17. The maximum atomic E-state index is 11.8. The Morgan fingerprint density at radius 1 is 1.17 bits per heavy atom. The number of benzene rings is 1. The van der Waals surface area contributed by atoms with E-state index in [0.29, 0.717) is 4.90 Å². The Morgan fingerprint density at radius 3 is 2.67 bits per heavy atom. The van der Waals surface area contributed by atoms with Crippen LogP contribution in [0.2, 0.25) is 0 Å². The van der Waals surface area contributed by atoms with E-state index in [1.165, 1.54) is 12.6 Å². The lowest BCUT2D eigenvalue weighted by Crippen LogP contribution is -2.18. The van der Waals surface area contributed by atoms with Gasteiger partial charge in [0.15, 0.2) is 9.84 Å². The standard InChI is InChI=1S/C17H20N4O2S/c1-11(2)15(12-5-4-6-13(9-12)24(3,22)23)21-17-14-7-8-18-16(14)19-10-20-17/h4-11,15H,1-3H3,(H2,18,19,20,21)/t15-/m1/s1. The molecule has 0 aliphatic rings. The van der Waals surface area contributed by atoms with Crippen LogP contribution in [0.5, 0.6) is 0 Å². The minimum Gasteiger partial charge on any atom is -0.362 e. The molecule has 0 saturated carbocycles. The molecule has 0 bridgehead atoms. The molecule has 0 unspecified atom stereocenters. The molecule has 1 atom stereocenters. The van der Waals surface area contributed by atoms with Crippen molar-refractivity contribution >= 4 is 26.7 Å². The monoisotopic (exact) mass is 344 g/mol. The molecular weight excluding hydrogens is 324 g/mol. The highest BCUT2D eigenvalue weighted by molar-refractivity contribution is 7.90. The van der Waals surface area contributed by atoms with Crippen LogP contribution in [0.25, 0.3) is 11.0 Å². The fourth-order valence-electron chi connectivity index (χ4n) is 2.71. The smallest absolute Gasteiger partial charge is 0.175 e. The molecule has 0 aliphatic carbocycles. The first kappa shape index (κ1) is 16.4. The third-order valence-electron chi connectivity index (χ3n) is 3.96. The van der Waals surface area contributed by atoms with Crippen molar-refractivity contribution in [2.75, 3.05) is 11.6 Å². The Morgan fingerprint density at radius 2 is 1.96 bits per heavy atom. The van der Waals surface area contributed by atoms with Crippen molar-refractivity contribution in [1.29, 1.82) is 0 Å². The molecule has 0 aliphatic heterocycles. The van der Waals surface area contributed by atoms with Crippen LogP contribution in [0, 0.1) is 5.92 Å². The average molecular weight is 344 g/mol. The van der Waals surface area contributed by atoms with Crippen LogP contribution in [0.4, 0.5) is 5.82 Å². The molecule has 0 radical (unpaired) electrons. The third kappa shape index (κ3) is 3.26. The molecule has 0 amide bonds. The number of aromatic amines is 1. The fraction of sp³-hybridized carbons (Fsp3) is 0.294. The van der Waals surface area contributed by atoms with E-state index in [0.717, 1.165) is 22.4 Å². The van der Waals surface area contributed by atoms with Crippen LogP contribution in [-0.2, 0) is 9.84 Å². The Kier molecular flexibility index (Phi) is 4.28. The average Bonchev–Trinajstić information content (AvgIpc) is 3.01. The molecule has 2 heterocycles. The number of H-pyrrole nitrogens is 1. The molecule has 7 heteroatoms. The van der Waals surface area contributed by atoms with Crippen LogP contribution in [0.1, 0.15) is 25.5 Å². The Balaban J connectivity index is 2.01. The van der Waals surface area contributed by atoms with Crippen LogP contribution >= 0.6 is 0 Å². The molecule has 24 heavy (non-hydrogen) atoms. The van der Waals surface area contributed by atoms with Gasteiger partial charge in [0.05, 0.1) is 16.3 Å². The Labute approximate surface area is 141 Å². The van der Waals surface area contributed by atoms with E-state index >= 15 is 0 Å². The van der Waals surface area contributed by atoms with Crippen LogP contribution < -0.4 is 5.32 Å². The van der Waals surface area contributed by atoms with Gasteiger partial charge in [-0.3, -0.25) is 0 Å². The molecule has 0 fully saturated rings. The number of anilines is 1. The molecule has 6 nitrogen and oxygen atoms in total. The van der Waals surface area contributed by atoms with E-state index in [4.69, 9.17) is 0 Å². The van der Waals surface area contributed by atoms with E-state index in [9.17, 15) is 8.42 Å². The van der Waals surface area contributed by atoms with Crippen molar-refractivity contribution in [1.82, 2.24) is 15.0 Å². The zero-order valence-corrected chi connectivity index (χ0v) is 14.6. The summed E-state index contributed by atoms with van der Waals surface area (Å²) in [6.45, 7) is 4.17. The van der Waals surface area contributed by atoms with Gasteiger partial charge in [0.2, 0.25) is 0 Å². The highest BCUT2D eigenvalue weighted by Gasteiger charge is 2.19. The second kappa shape index (κ2) is 6.24. The maximum absolute atomic E-state index is 11.8. The topological polar surface area (TPSA) is 87.7 Å². The largest absolute Gasteiger partial charge is 0.362 e. The lowest BCUT2D eigenvalue weighted by atomic mass is 9.96. The van der Waals surface area contributed by atoms with E-state index in [2.05, 4.69) is 34.1 Å². The van der Waals surface area contributed by atoms with Crippen molar-refractivity contribution in [3.05, 3.63) is 48.4 Å². The van der Waals surface area contributed by atoms with Crippen LogP contribution in [0.15, 0.2) is 47.8 Å². The highest BCUT2D eigenvalue weighted by atomic mass is 32.2. The van der Waals surface area contributed by atoms with Gasteiger partial charge >= 0.3 is 0 Å². The molecule has 2 N–H and O–H groups in total. The van der Waals surface area contributed by atoms with Crippen molar-refractivity contribution < 1.29 is 8.42 Å². The molecule has 0 saturated heterocycles.